The van der Waals surface area contributed by atoms with Crippen LogP contribution in [0.3, 0.4) is 0 Å². The summed E-state index contributed by atoms with van der Waals surface area (Å²) in [5.41, 5.74) is 3.58. The smallest absolute Gasteiger partial charge is 0.235 e. The van der Waals surface area contributed by atoms with E-state index in [1.807, 2.05) is 23.6 Å². The van der Waals surface area contributed by atoms with Crippen LogP contribution in [0.4, 0.5) is 10.8 Å². The van der Waals surface area contributed by atoms with Crippen LogP contribution < -0.4 is 10.2 Å². The minimum atomic E-state index is -0.157. The zero-order chi connectivity index (χ0) is 17.1. The molecule has 4 rings (SSSR count). The zero-order valence-corrected chi connectivity index (χ0v) is 14.6. The van der Waals surface area contributed by atoms with Gasteiger partial charge in [0.1, 0.15) is 0 Å². The van der Waals surface area contributed by atoms with E-state index in [0.717, 1.165) is 24.2 Å². The van der Waals surface area contributed by atoms with Crippen molar-refractivity contribution >= 4 is 28.1 Å². The molecule has 1 aromatic heterocycles. The van der Waals surface area contributed by atoms with Crippen molar-refractivity contribution in [3.05, 3.63) is 77.3 Å². The average molecular weight is 349 g/mol. The first-order chi connectivity index (χ1) is 12.3. The van der Waals surface area contributed by atoms with Gasteiger partial charge in [-0.25, -0.2) is 4.98 Å². The standard InChI is InChI=1S/C20H19N3OS/c24-19(22-20-21-11-13-25-20)17-14-23(18-9-5-4-8-16(17)18)12-10-15-6-2-1-3-7-15/h1-9,11,13,17H,10,12,14H2,(H,21,22,24). The predicted octanol–water partition coefficient (Wildman–Crippen LogP) is 3.93. The molecule has 1 aliphatic heterocycles. The molecule has 4 nitrogen and oxygen atoms in total. The molecule has 0 bridgehead atoms. The Balaban J connectivity index is 1.50. The van der Waals surface area contributed by atoms with Crippen LogP contribution in [0.1, 0.15) is 17.0 Å². The predicted molar refractivity (Wildman–Crippen MR) is 102 cm³/mol. The Morgan fingerprint density at radius 2 is 1.96 bits per heavy atom. The summed E-state index contributed by atoms with van der Waals surface area (Å²) in [7, 11) is 0. The summed E-state index contributed by atoms with van der Waals surface area (Å²) < 4.78 is 0. The summed E-state index contributed by atoms with van der Waals surface area (Å²) >= 11 is 1.44. The third-order valence-electron chi connectivity index (χ3n) is 4.55. The number of para-hydroxylation sites is 1. The largest absolute Gasteiger partial charge is 0.370 e. The second-order valence-corrected chi connectivity index (χ2v) is 7.01. The number of hydrogen-bond donors (Lipinski definition) is 1. The lowest BCUT2D eigenvalue weighted by Gasteiger charge is -2.19. The molecule has 2 aromatic carbocycles. The SMILES string of the molecule is O=C(Nc1nccs1)C1CN(CCc2ccccc2)c2ccccc21. The summed E-state index contributed by atoms with van der Waals surface area (Å²) in [4.78, 5) is 19.2. The van der Waals surface area contributed by atoms with Crippen molar-refractivity contribution in [3.8, 4) is 0 Å². The Bertz CT molecular complexity index is 848. The summed E-state index contributed by atoms with van der Waals surface area (Å²) in [6, 6.07) is 18.7. The molecule has 3 aromatic rings. The van der Waals surface area contributed by atoms with E-state index in [9.17, 15) is 4.79 Å². The minimum Gasteiger partial charge on any atom is -0.370 e. The Kier molecular flexibility index (Phi) is 4.48. The maximum Gasteiger partial charge on any atom is 0.235 e. The number of rotatable bonds is 5. The van der Waals surface area contributed by atoms with Gasteiger partial charge in [-0.05, 0) is 23.6 Å². The molecule has 0 saturated heterocycles. The van der Waals surface area contributed by atoms with E-state index < -0.39 is 0 Å². The van der Waals surface area contributed by atoms with Gasteiger partial charge in [-0.3, -0.25) is 4.79 Å². The number of thiazole rings is 1. The highest BCUT2D eigenvalue weighted by molar-refractivity contribution is 7.13. The van der Waals surface area contributed by atoms with Crippen LogP contribution >= 0.6 is 11.3 Å². The molecule has 25 heavy (non-hydrogen) atoms. The summed E-state index contributed by atoms with van der Waals surface area (Å²) in [5.74, 6) is -0.138. The van der Waals surface area contributed by atoms with Crippen LogP contribution in [0.25, 0.3) is 0 Å². The third-order valence-corrected chi connectivity index (χ3v) is 5.24. The van der Waals surface area contributed by atoms with Gasteiger partial charge in [-0.15, -0.1) is 11.3 Å². The average Bonchev–Trinajstić information content (AvgIpc) is 3.28. The van der Waals surface area contributed by atoms with E-state index in [4.69, 9.17) is 0 Å². The van der Waals surface area contributed by atoms with Gasteiger partial charge in [0.2, 0.25) is 5.91 Å². The molecule has 0 fully saturated rings. The number of carbonyl (C=O) groups excluding carboxylic acids is 1. The van der Waals surface area contributed by atoms with Crippen molar-refractivity contribution in [2.75, 3.05) is 23.3 Å². The van der Waals surface area contributed by atoms with Crippen LogP contribution in [0.2, 0.25) is 0 Å². The highest BCUT2D eigenvalue weighted by Crippen LogP contribution is 2.36. The summed E-state index contributed by atoms with van der Waals surface area (Å²) in [6.07, 6.45) is 2.67. The van der Waals surface area contributed by atoms with Gasteiger partial charge in [0, 0.05) is 30.4 Å². The Morgan fingerprint density at radius 1 is 1.16 bits per heavy atom. The van der Waals surface area contributed by atoms with Gasteiger partial charge in [0.25, 0.3) is 0 Å². The van der Waals surface area contributed by atoms with E-state index in [0.29, 0.717) is 11.7 Å². The molecule has 1 atom stereocenters. The number of nitrogens with one attached hydrogen (secondary N) is 1. The van der Waals surface area contributed by atoms with Crippen molar-refractivity contribution < 1.29 is 4.79 Å². The lowest BCUT2D eigenvalue weighted by atomic mass is 10.0. The zero-order valence-electron chi connectivity index (χ0n) is 13.8. The molecule has 5 heteroatoms. The second kappa shape index (κ2) is 7.07. The van der Waals surface area contributed by atoms with Gasteiger partial charge in [-0.1, -0.05) is 48.5 Å². The lowest BCUT2D eigenvalue weighted by Crippen LogP contribution is -2.29. The number of carbonyl (C=O) groups is 1. The number of anilines is 2. The maximum atomic E-state index is 12.7. The van der Waals surface area contributed by atoms with Crippen molar-refractivity contribution in [2.24, 2.45) is 0 Å². The summed E-state index contributed by atoms with van der Waals surface area (Å²) in [5, 5.41) is 5.46. The van der Waals surface area contributed by atoms with Crippen LogP contribution in [0, 0.1) is 0 Å². The molecule has 126 valence electrons. The number of aromatic nitrogens is 1. The van der Waals surface area contributed by atoms with E-state index in [2.05, 4.69) is 51.6 Å². The van der Waals surface area contributed by atoms with Gasteiger partial charge < -0.3 is 10.2 Å². The molecular formula is C20H19N3OS. The first-order valence-corrected chi connectivity index (χ1v) is 9.27. The first kappa shape index (κ1) is 15.8. The molecule has 0 saturated carbocycles. The van der Waals surface area contributed by atoms with E-state index in [-0.39, 0.29) is 11.8 Å². The number of amides is 1. The summed E-state index contributed by atoms with van der Waals surface area (Å²) in [6.45, 7) is 1.62. The second-order valence-electron chi connectivity index (χ2n) is 6.12. The fourth-order valence-electron chi connectivity index (χ4n) is 3.31. The van der Waals surface area contributed by atoms with Crippen molar-refractivity contribution in [3.63, 3.8) is 0 Å². The van der Waals surface area contributed by atoms with Gasteiger partial charge in [0.05, 0.1) is 5.92 Å². The van der Waals surface area contributed by atoms with Crippen molar-refractivity contribution in [2.45, 2.75) is 12.3 Å². The first-order valence-electron chi connectivity index (χ1n) is 8.39. The number of benzene rings is 2. The fourth-order valence-corrected chi connectivity index (χ4v) is 3.84. The van der Waals surface area contributed by atoms with Crippen molar-refractivity contribution in [1.29, 1.82) is 0 Å². The lowest BCUT2D eigenvalue weighted by molar-refractivity contribution is -0.117. The number of nitrogens with zero attached hydrogens (tertiary/aromatic N) is 2. The van der Waals surface area contributed by atoms with Crippen LogP contribution in [0.5, 0.6) is 0 Å². The Labute approximate surface area is 151 Å². The van der Waals surface area contributed by atoms with Crippen LogP contribution in [0.15, 0.2) is 66.2 Å². The van der Waals surface area contributed by atoms with Crippen molar-refractivity contribution in [1.82, 2.24) is 4.98 Å². The highest BCUT2D eigenvalue weighted by Gasteiger charge is 2.33. The molecular weight excluding hydrogens is 330 g/mol. The van der Waals surface area contributed by atoms with Gasteiger partial charge >= 0.3 is 0 Å². The van der Waals surface area contributed by atoms with Crippen LogP contribution in [-0.4, -0.2) is 24.0 Å². The van der Waals surface area contributed by atoms with Crippen LogP contribution in [-0.2, 0) is 11.2 Å². The van der Waals surface area contributed by atoms with E-state index in [1.165, 1.54) is 16.9 Å². The molecule has 1 N–H and O–H groups in total. The third kappa shape index (κ3) is 3.42. The molecule has 0 radical (unpaired) electrons. The number of fused-ring (bicyclic) bond motifs is 1. The van der Waals surface area contributed by atoms with Gasteiger partial charge in [-0.2, -0.15) is 0 Å². The maximum absolute atomic E-state index is 12.7. The molecule has 1 unspecified atom stereocenters. The Morgan fingerprint density at radius 3 is 2.76 bits per heavy atom. The van der Waals surface area contributed by atoms with E-state index in [1.54, 1.807) is 6.20 Å². The molecule has 1 amide bonds. The van der Waals surface area contributed by atoms with Gasteiger partial charge in [0.15, 0.2) is 5.13 Å². The topological polar surface area (TPSA) is 45.2 Å². The highest BCUT2D eigenvalue weighted by atomic mass is 32.1. The quantitative estimate of drug-likeness (QED) is 0.759. The monoisotopic (exact) mass is 349 g/mol. The molecule has 0 aliphatic carbocycles. The molecule has 0 spiro atoms. The Hall–Kier alpha value is -2.66. The minimum absolute atomic E-state index is 0.0182. The number of hydrogen-bond acceptors (Lipinski definition) is 4. The normalized spacial score (nSPS) is 15.8. The molecule has 1 aliphatic rings. The van der Waals surface area contributed by atoms with E-state index >= 15 is 0 Å². The fraction of sp³-hybridized carbons (Fsp3) is 0.200. The molecule has 2 heterocycles.